The van der Waals surface area contributed by atoms with Crippen molar-refractivity contribution < 1.29 is 80.2 Å². The maximum absolute atomic E-state index is 13.2. The Labute approximate surface area is 650 Å². The number of esters is 4. The van der Waals surface area contributed by atoms with Gasteiger partial charge in [0.15, 0.2) is 12.2 Å². The number of carbonyl (C=O) groups excluding carboxylic acids is 4. The first kappa shape index (κ1) is 104. The molecular weight excluding hydrogens is 1380 g/mol. The van der Waals surface area contributed by atoms with E-state index in [2.05, 4.69) is 65.8 Å². The largest absolute Gasteiger partial charge is 0.472 e. The van der Waals surface area contributed by atoms with Gasteiger partial charge in [-0.1, -0.05) is 387 Å². The van der Waals surface area contributed by atoms with Gasteiger partial charge in [0.1, 0.15) is 19.3 Å². The van der Waals surface area contributed by atoms with Crippen LogP contribution in [0.25, 0.3) is 0 Å². The third-order valence-corrected chi connectivity index (χ3v) is 22.5. The van der Waals surface area contributed by atoms with Gasteiger partial charge in [-0.05, 0) is 63.2 Å². The van der Waals surface area contributed by atoms with Gasteiger partial charge in [0.25, 0.3) is 0 Å². The molecule has 7 atom stereocenters. The number of ether oxygens (including phenoxy) is 4. The average Bonchev–Trinajstić information content (AvgIpc) is 0.902. The molecule has 0 fully saturated rings. The van der Waals surface area contributed by atoms with Crippen molar-refractivity contribution in [2.75, 3.05) is 39.6 Å². The summed E-state index contributed by atoms with van der Waals surface area (Å²) < 4.78 is 68.8. The predicted molar refractivity (Wildman–Crippen MR) is 437 cm³/mol. The molecule has 0 rings (SSSR count). The van der Waals surface area contributed by atoms with Gasteiger partial charge in [-0.25, -0.2) is 9.13 Å². The van der Waals surface area contributed by atoms with Crippen molar-refractivity contribution in [3.05, 3.63) is 24.3 Å². The van der Waals surface area contributed by atoms with Crippen LogP contribution in [0.2, 0.25) is 0 Å². The molecule has 0 aliphatic carbocycles. The number of carbonyl (C=O) groups is 4. The minimum atomic E-state index is -4.97. The second kappa shape index (κ2) is 77.8. The van der Waals surface area contributed by atoms with E-state index >= 15 is 0 Å². The number of aliphatic hydroxyl groups excluding tert-OH is 1. The van der Waals surface area contributed by atoms with E-state index in [1.807, 2.05) is 0 Å². The number of hydrogen-bond acceptors (Lipinski definition) is 15. The SMILES string of the molecule is CCCCCC/C=C\C=C/CCCCCCCC(=O)O[C@H](COC(=O)CCCCCCCCC(C)CC)COP(=O)(O)OC[C@H](O)COP(=O)(O)OC[C@@H](COC(=O)CCCCCCCCCCCCCCCCCCCCC)OC(=O)CCCCCCCCCCCCCCCCCCCCC(C)CC. The quantitative estimate of drug-likeness (QED) is 0.0169. The zero-order chi connectivity index (χ0) is 77.8. The van der Waals surface area contributed by atoms with E-state index in [-0.39, 0.29) is 25.7 Å². The molecule has 4 unspecified atom stereocenters. The number of hydrogen-bond donors (Lipinski definition) is 3. The summed E-state index contributed by atoms with van der Waals surface area (Å²) in [6.07, 6.45) is 73.1. The van der Waals surface area contributed by atoms with Crippen molar-refractivity contribution in [2.45, 2.75) is 458 Å². The van der Waals surface area contributed by atoms with Crippen LogP contribution in [0, 0.1) is 11.8 Å². The summed E-state index contributed by atoms with van der Waals surface area (Å²) in [6, 6.07) is 0. The molecule has 0 saturated carbocycles. The maximum atomic E-state index is 13.2. The number of phosphoric acid groups is 2. The smallest absolute Gasteiger partial charge is 0.462 e. The van der Waals surface area contributed by atoms with Gasteiger partial charge in [-0.15, -0.1) is 0 Å². The van der Waals surface area contributed by atoms with Crippen molar-refractivity contribution in [1.82, 2.24) is 0 Å². The molecule has 0 aromatic carbocycles. The normalized spacial score (nSPS) is 14.5. The molecule has 3 N–H and O–H groups in total. The average molecular weight is 1550 g/mol. The molecule has 0 aliphatic rings. The fourth-order valence-electron chi connectivity index (χ4n) is 13.0. The Bertz CT molecular complexity index is 2130. The van der Waals surface area contributed by atoms with Gasteiger partial charge >= 0.3 is 39.5 Å². The summed E-state index contributed by atoms with van der Waals surface area (Å²) in [5.41, 5.74) is 0. The van der Waals surface area contributed by atoms with Crippen molar-refractivity contribution in [2.24, 2.45) is 11.8 Å². The van der Waals surface area contributed by atoms with Crippen molar-refractivity contribution in [3.8, 4) is 0 Å². The second-order valence-corrected chi connectivity index (χ2v) is 34.0. The zero-order valence-corrected chi connectivity index (χ0v) is 71.0. The van der Waals surface area contributed by atoms with Crippen LogP contribution in [-0.2, 0) is 65.4 Å². The summed E-state index contributed by atoms with van der Waals surface area (Å²) in [5, 5.41) is 10.7. The van der Waals surface area contributed by atoms with Gasteiger partial charge in [-0.3, -0.25) is 37.3 Å². The Balaban J connectivity index is 5.25. The highest BCUT2D eigenvalue weighted by Gasteiger charge is 2.30. The summed E-state index contributed by atoms with van der Waals surface area (Å²) in [6.45, 7) is 9.63. The zero-order valence-electron chi connectivity index (χ0n) is 69.2. The Kier molecular flexibility index (Phi) is 76.0. The van der Waals surface area contributed by atoms with Crippen LogP contribution in [0.4, 0.5) is 0 Å². The first-order valence-corrected chi connectivity index (χ1v) is 47.4. The van der Waals surface area contributed by atoms with E-state index in [0.29, 0.717) is 25.7 Å². The third kappa shape index (κ3) is 76.9. The van der Waals surface area contributed by atoms with Crippen LogP contribution in [0.1, 0.15) is 440 Å². The predicted octanol–water partition coefficient (Wildman–Crippen LogP) is 26.2. The molecule has 0 heterocycles. The highest BCUT2D eigenvalue weighted by atomic mass is 31.2. The van der Waals surface area contributed by atoms with E-state index in [0.717, 1.165) is 121 Å². The van der Waals surface area contributed by atoms with Gasteiger partial charge in [0.05, 0.1) is 26.4 Å². The van der Waals surface area contributed by atoms with E-state index in [4.69, 9.17) is 37.0 Å². The topological polar surface area (TPSA) is 237 Å². The van der Waals surface area contributed by atoms with Crippen molar-refractivity contribution in [1.29, 1.82) is 0 Å². The van der Waals surface area contributed by atoms with Crippen LogP contribution >= 0.6 is 15.6 Å². The molecule has 17 nitrogen and oxygen atoms in total. The van der Waals surface area contributed by atoms with E-state index in [1.165, 1.54) is 238 Å². The van der Waals surface area contributed by atoms with E-state index in [1.54, 1.807) is 0 Å². The first-order valence-electron chi connectivity index (χ1n) is 44.4. The number of allylic oxidation sites excluding steroid dienone is 4. The number of rotatable bonds is 84. The molecule has 0 amide bonds. The summed E-state index contributed by atoms with van der Waals surface area (Å²) in [7, 11) is -9.94. The van der Waals surface area contributed by atoms with Crippen molar-refractivity contribution in [3.63, 3.8) is 0 Å². The fourth-order valence-corrected chi connectivity index (χ4v) is 14.6. The van der Waals surface area contributed by atoms with Crippen LogP contribution in [-0.4, -0.2) is 96.7 Å². The van der Waals surface area contributed by atoms with Gasteiger partial charge in [0, 0.05) is 25.7 Å². The van der Waals surface area contributed by atoms with Gasteiger partial charge in [-0.2, -0.15) is 0 Å². The molecular formula is C87H166O17P2. The molecule has 0 spiro atoms. The number of unbranched alkanes of at least 4 members (excludes halogenated alkanes) is 49. The van der Waals surface area contributed by atoms with E-state index < -0.39 is 97.5 Å². The van der Waals surface area contributed by atoms with Crippen LogP contribution in [0.15, 0.2) is 24.3 Å². The number of phosphoric ester groups is 2. The lowest BCUT2D eigenvalue weighted by Gasteiger charge is -2.21. The summed E-state index contributed by atoms with van der Waals surface area (Å²) >= 11 is 0. The van der Waals surface area contributed by atoms with Crippen LogP contribution in [0.5, 0.6) is 0 Å². The van der Waals surface area contributed by atoms with Gasteiger partial charge < -0.3 is 33.8 Å². The van der Waals surface area contributed by atoms with Crippen molar-refractivity contribution >= 4 is 39.5 Å². The molecule has 0 aromatic heterocycles. The monoisotopic (exact) mass is 1550 g/mol. The molecule has 0 aromatic rings. The van der Waals surface area contributed by atoms with Crippen LogP contribution in [0.3, 0.4) is 0 Å². The summed E-state index contributed by atoms with van der Waals surface area (Å²) in [4.78, 5) is 73.2. The first-order chi connectivity index (χ1) is 51.4. The third-order valence-electron chi connectivity index (χ3n) is 20.6. The molecule has 626 valence electrons. The molecule has 0 bridgehead atoms. The summed E-state index contributed by atoms with van der Waals surface area (Å²) in [5.74, 6) is -0.537. The maximum Gasteiger partial charge on any atom is 0.472 e. The highest BCUT2D eigenvalue weighted by molar-refractivity contribution is 7.47. The van der Waals surface area contributed by atoms with E-state index in [9.17, 15) is 43.2 Å². The lowest BCUT2D eigenvalue weighted by molar-refractivity contribution is -0.161. The minimum absolute atomic E-state index is 0.0844. The molecule has 106 heavy (non-hydrogen) atoms. The Morgan fingerprint density at radius 3 is 0.802 bits per heavy atom. The highest BCUT2D eigenvalue weighted by Crippen LogP contribution is 2.45. The lowest BCUT2D eigenvalue weighted by atomic mass is 9.99. The number of aliphatic hydroxyl groups is 1. The molecule has 19 heteroatoms. The van der Waals surface area contributed by atoms with Gasteiger partial charge in [0.2, 0.25) is 0 Å². The van der Waals surface area contributed by atoms with Crippen LogP contribution < -0.4 is 0 Å². The Hall–Kier alpha value is -2.46. The second-order valence-electron chi connectivity index (χ2n) is 31.1. The Morgan fingerprint density at radius 2 is 0.528 bits per heavy atom. The molecule has 0 aliphatic heterocycles. The minimum Gasteiger partial charge on any atom is -0.462 e. The lowest BCUT2D eigenvalue weighted by Crippen LogP contribution is -2.30. The molecule has 0 radical (unpaired) electrons. The fraction of sp³-hybridized carbons (Fsp3) is 0.908. The Morgan fingerprint density at radius 1 is 0.302 bits per heavy atom. The molecule has 0 saturated heterocycles. The standard InChI is InChI=1S/C87H166O17P2/c1-7-11-13-15-17-19-21-23-25-26-27-31-35-38-42-46-50-57-63-69-84(89)97-75-82(103-86(91)71-66-60-52-48-44-40-36-32-29-28-30-34-37-41-45-49-55-61-67-79(5)9-3)77-101-105(93,94)99-73-81(88)74-100-106(95,96)102-78-83(76-98-85(90)70-64-58-54-53-56-62-68-80(6)10-4)104-87(92)72-65-59-51-47-43-39-33-24-22-20-18-16-14-12-8-2/h20,22,24,33,79-83,88H,7-19,21,23,25-32,34-78H2,1-6H3,(H,93,94)(H,95,96)/b22-20-,33-24-/t79?,80?,81-,82-,83-/m1/s1.